The Morgan fingerprint density at radius 1 is 1.00 bits per heavy atom. The van der Waals surface area contributed by atoms with Gasteiger partial charge in [0.05, 0.1) is 29.3 Å². The summed E-state index contributed by atoms with van der Waals surface area (Å²) in [4.78, 5) is 30.9. The van der Waals surface area contributed by atoms with E-state index in [1.165, 1.54) is 4.57 Å². The molecule has 1 aliphatic rings. The number of para-hydroxylation sites is 1. The smallest absolute Gasteiger partial charge is 0.266 e. The van der Waals surface area contributed by atoms with Crippen molar-refractivity contribution in [3.05, 3.63) is 94.0 Å². The van der Waals surface area contributed by atoms with Gasteiger partial charge in [-0.2, -0.15) is 0 Å². The predicted octanol–water partition coefficient (Wildman–Crippen LogP) is 4.20. The zero-order chi connectivity index (χ0) is 21.5. The van der Waals surface area contributed by atoms with E-state index < -0.39 is 0 Å². The van der Waals surface area contributed by atoms with Crippen LogP contribution in [0.3, 0.4) is 0 Å². The number of rotatable bonds is 3. The first-order chi connectivity index (χ1) is 15.0. The van der Waals surface area contributed by atoms with Crippen molar-refractivity contribution in [3.8, 4) is 11.4 Å². The quantitative estimate of drug-likeness (QED) is 0.515. The maximum atomic E-state index is 13.4. The Hall–Kier alpha value is -4.19. The summed E-state index contributed by atoms with van der Waals surface area (Å²) in [7, 11) is 1.59. The maximum Gasteiger partial charge on any atom is 0.266 e. The lowest BCUT2D eigenvalue weighted by Crippen LogP contribution is -2.22. The molecule has 1 N–H and O–H groups in total. The molecule has 0 atom stereocenters. The number of aryl methyl sites for hydroxylation is 1. The van der Waals surface area contributed by atoms with Crippen molar-refractivity contribution in [2.75, 3.05) is 12.4 Å². The van der Waals surface area contributed by atoms with Gasteiger partial charge in [0.2, 0.25) is 0 Å². The Morgan fingerprint density at radius 2 is 1.77 bits per heavy atom. The number of carbonyl (C=O) groups excluding carboxylic acids is 1. The fourth-order valence-electron chi connectivity index (χ4n) is 3.80. The zero-order valence-corrected chi connectivity index (χ0v) is 17.0. The van der Waals surface area contributed by atoms with Gasteiger partial charge in [-0.3, -0.25) is 14.2 Å². The van der Waals surface area contributed by atoms with Crippen LogP contribution in [0.2, 0.25) is 0 Å². The molecule has 2 heterocycles. The third-order valence-corrected chi connectivity index (χ3v) is 5.36. The summed E-state index contributed by atoms with van der Waals surface area (Å²) in [5.41, 5.74) is 4.08. The van der Waals surface area contributed by atoms with E-state index >= 15 is 0 Å². The Kier molecular flexibility index (Phi) is 4.40. The number of ether oxygens (including phenoxy) is 1. The van der Waals surface area contributed by atoms with Gasteiger partial charge in [-0.1, -0.05) is 23.8 Å². The number of fused-ring (bicyclic) bond motifs is 2. The van der Waals surface area contributed by atoms with E-state index in [1.54, 1.807) is 49.6 Å². The molecule has 0 fully saturated rings. The number of amides is 1. The van der Waals surface area contributed by atoms with Gasteiger partial charge in [0.1, 0.15) is 11.6 Å². The molecule has 6 nitrogen and oxygen atoms in total. The highest BCUT2D eigenvalue weighted by Crippen LogP contribution is 2.33. The molecule has 0 saturated heterocycles. The minimum Gasteiger partial charge on any atom is -0.497 e. The summed E-state index contributed by atoms with van der Waals surface area (Å²) in [6.45, 7) is 1.97. The lowest BCUT2D eigenvalue weighted by Gasteiger charge is -2.12. The molecule has 4 aromatic rings. The van der Waals surface area contributed by atoms with Crippen LogP contribution in [0, 0.1) is 6.92 Å². The summed E-state index contributed by atoms with van der Waals surface area (Å²) >= 11 is 0. The zero-order valence-electron chi connectivity index (χ0n) is 17.0. The van der Waals surface area contributed by atoms with Crippen molar-refractivity contribution in [2.45, 2.75) is 6.92 Å². The average molecular weight is 409 g/mol. The number of anilines is 1. The summed E-state index contributed by atoms with van der Waals surface area (Å²) in [6.07, 6.45) is 1.68. The first-order valence-electron chi connectivity index (χ1n) is 9.85. The molecule has 5 rings (SSSR count). The Labute approximate surface area is 178 Å². The van der Waals surface area contributed by atoms with Gasteiger partial charge in [-0.05, 0) is 61.5 Å². The van der Waals surface area contributed by atoms with Crippen LogP contribution in [-0.4, -0.2) is 22.6 Å². The van der Waals surface area contributed by atoms with Crippen molar-refractivity contribution in [1.82, 2.24) is 9.55 Å². The number of hydrogen-bond acceptors (Lipinski definition) is 4. The highest BCUT2D eigenvalue weighted by Gasteiger charge is 2.25. The molecule has 0 spiro atoms. The van der Waals surface area contributed by atoms with Gasteiger partial charge in [0.15, 0.2) is 0 Å². The van der Waals surface area contributed by atoms with Gasteiger partial charge in [0.25, 0.3) is 11.5 Å². The Bertz CT molecular complexity index is 1430. The topological polar surface area (TPSA) is 73.2 Å². The normalized spacial score (nSPS) is 14.0. The summed E-state index contributed by atoms with van der Waals surface area (Å²) in [6, 6.07) is 20.1. The average Bonchev–Trinajstić information content (AvgIpc) is 3.08. The van der Waals surface area contributed by atoms with E-state index in [-0.39, 0.29) is 11.5 Å². The van der Waals surface area contributed by atoms with Crippen molar-refractivity contribution >= 4 is 34.1 Å². The van der Waals surface area contributed by atoms with Crippen LogP contribution in [0.4, 0.5) is 5.69 Å². The number of nitrogens with one attached hydrogen (secondary N) is 1. The predicted molar refractivity (Wildman–Crippen MR) is 122 cm³/mol. The highest BCUT2D eigenvalue weighted by atomic mass is 16.5. The number of benzene rings is 3. The van der Waals surface area contributed by atoms with E-state index in [4.69, 9.17) is 9.72 Å². The van der Waals surface area contributed by atoms with Gasteiger partial charge in [0, 0.05) is 11.3 Å². The van der Waals surface area contributed by atoms with Crippen LogP contribution in [0.25, 0.3) is 28.2 Å². The molecule has 0 aliphatic carbocycles. The SMILES string of the molecule is COc1ccc(-n2c(/C=C3\C(=O)Nc4ccc(C)cc43)nc3ccccc3c2=O)cc1. The van der Waals surface area contributed by atoms with Crippen LogP contribution < -0.4 is 15.6 Å². The molecule has 0 bridgehead atoms. The van der Waals surface area contributed by atoms with E-state index in [0.29, 0.717) is 33.7 Å². The Morgan fingerprint density at radius 3 is 2.55 bits per heavy atom. The van der Waals surface area contributed by atoms with Crippen LogP contribution >= 0.6 is 0 Å². The van der Waals surface area contributed by atoms with E-state index in [0.717, 1.165) is 16.8 Å². The highest BCUT2D eigenvalue weighted by molar-refractivity contribution is 6.34. The van der Waals surface area contributed by atoms with Crippen molar-refractivity contribution in [2.24, 2.45) is 0 Å². The molecule has 1 aromatic heterocycles. The van der Waals surface area contributed by atoms with Crippen molar-refractivity contribution in [1.29, 1.82) is 0 Å². The number of carbonyl (C=O) groups is 1. The van der Waals surface area contributed by atoms with Crippen LogP contribution in [0.1, 0.15) is 17.0 Å². The summed E-state index contributed by atoms with van der Waals surface area (Å²) in [5, 5.41) is 3.39. The van der Waals surface area contributed by atoms with Crippen LogP contribution in [-0.2, 0) is 4.79 Å². The van der Waals surface area contributed by atoms with E-state index in [1.807, 2.05) is 37.3 Å². The van der Waals surface area contributed by atoms with Gasteiger partial charge in [-0.15, -0.1) is 0 Å². The molecule has 0 saturated carbocycles. The van der Waals surface area contributed by atoms with Crippen molar-refractivity contribution < 1.29 is 9.53 Å². The van der Waals surface area contributed by atoms with Crippen molar-refractivity contribution in [3.63, 3.8) is 0 Å². The first kappa shape index (κ1) is 18.8. The monoisotopic (exact) mass is 409 g/mol. The number of aromatic nitrogens is 2. The molecule has 1 amide bonds. The second kappa shape index (κ2) is 7.25. The van der Waals surface area contributed by atoms with Gasteiger partial charge >= 0.3 is 0 Å². The molecule has 0 unspecified atom stereocenters. The molecular weight excluding hydrogens is 390 g/mol. The fraction of sp³-hybridized carbons (Fsp3) is 0.0800. The lowest BCUT2D eigenvalue weighted by atomic mass is 10.0. The number of methoxy groups -OCH3 is 1. The Balaban J connectivity index is 1.79. The molecule has 1 aliphatic heterocycles. The summed E-state index contributed by atoms with van der Waals surface area (Å²) < 4.78 is 6.76. The molecular formula is C25H19N3O3. The van der Waals surface area contributed by atoms with E-state index in [9.17, 15) is 9.59 Å². The van der Waals surface area contributed by atoms with E-state index in [2.05, 4.69) is 5.32 Å². The largest absolute Gasteiger partial charge is 0.497 e. The molecule has 152 valence electrons. The minimum atomic E-state index is -0.218. The number of nitrogens with zero attached hydrogens (tertiary/aromatic N) is 2. The number of hydrogen-bond donors (Lipinski definition) is 1. The second-order valence-corrected chi connectivity index (χ2v) is 7.39. The molecule has 0 radical (unpaired) electrons. The maximum absolute atomic E-state index is 13.4. The van der Waals surface area contributed by atoms with Crippen LogP contribution in [0.15, 0.2) is 71.5 Å². The van der Waals surface area contributed by atoms with Gasteiger partial charge in [-0.25, -0.2) is 4.98 Å². The third kappa shape index (κ3) is 3.18. The second-order valence-electron chi connectivity index (χ2n) is 7.39. The first-order valence-corrected chi connectivity index (χ1v) is 9.85. The standard InChI is InChI=1S/C25H19N3O3/c1-15-7-12-22-19(13-15)20(24(29)27-22)14-23-26-21-6-4-3-5-18(21)25(30)28(23)16-8-10-17(31-2)11-9-16/h3-14H,1-2H3,(H,27,29)/b20-14-. The minimum absolute atomic E-state index is 0.203. The van der Waals surface area contributed by atoms with Gasteiger partial charge < -0.3 is 10.1 Å². The fourth-order valence-corrected chi connectivity index (χ4v) is 3.80. The third-order valence-electron chi connectivity index (χ3n) is 5.36. The summed E-state index contributed by atoms with van der Waals surface area (Å²) in [5.74, 6) is 0.850. The van der Waals surface area contributed by atoms with Crippen LogP contribution in [0.5, 0.6) is 5.75 Å². The lowest BCUT2D eigenvalue weighted by molar-refractivity contribution is -0.110. The molecule has 6 heteroatoms. The molecule has 3 aromatic carbocycles. The molecule has 31 heavy (non-hydrogen) atoms.